The first-order valence-corrected chi connectivity index (χ1v) is 26.3. The minimum Gasteiger partial charge on any atom is -0.380 e. The molecule has 1 unspecified atom stereocenters. The number of aliphatic hydroxyl groups is 1. The van der Waals surface area contributed by atoms with Gasteiger partial charge in [0.25, 0.3) is 0 Å². The Balaban J connectivity index is 6.63. The number of nitrogens with two attached hydrogens (primary N) is 10. The minimum atomic E-state index is -5.27. The molecule has 0 aliphatic carbocycles. The van der Waals surface area contributed by atoms with E-state index in [0.717, 1.165) is 6.92 Å². The SMILES string of the molecule is CC(C)[C@H](NC(=O)[C@H](CC(O)P(=O)(O)O)NC(=O)[C@H](C)NC(=O)[C@H](C)NC(=O)[C@H](CCCN=C(N)N)NC(=O)[C@H](CCCN=C(N)N)NC(=O)[C@H](CCCN=C(N)N)NC(=O)[C@@H](N)CCCN=C(N)N)C(=O)N[C@@H](C)C(N)=O. The number of hydrogen-bond acceptors (Lipinski definition) is 16. The van der Waals surface area contributed by atoms with Gasteiger partial charge in [0.05, 0.1) is 6.04 Å². The molecule has 444 valence electrons. The first-order chi connectivity index (χ1) is 36.2. The predicted octanol–water partition coefficient (Wildman–Crippen LogP) is -9.51. The van der Waals surface area contributed by atoms with Crippen molar-refractivity contribution in [2.45, 2.75) is 153 Å². The highest BCUT2D eigenvalue weighted by molar-refractivity contribution is 7.52. The third-order valence-corrected chi connectivity index (χ3v) is 12.0. The number of nitrogens with zero attached hydrogens (tertiary/aromatic N) is 4. The van der Waals surface area contributed by atoms with E-state index < -0.39 is 133 Å². The van der Waals surface area contributed by atoms with Crippen LogP contribution >= 0.6 is 7.60 Å². The van der Waals surface area contributed by atoms with Gasteiger partial charge in [0.2, 0.25) is 53.2 Å². The molecule has 0 aliphatic rings. The van der Waals surface area contributed by atoms with Crippen LogP contribution in [0.2, 0.25) is 0 Å². The van der Waals surface area contributed by atoms with Gasteiger partial charge in [-0.1, -0.05) is 13.8 Å². The number of aliphatic hydroxyl groups excluding tert-OH is 1. The zero-order chi connectivity index (χ0) is 60.0. The molecule has 0 saturated heterocycles. The topological polar surface area (TPSA) is 637 Å². The quantitative estimate of drug-likeness (QED) is 0.0119. The van der Waals surface area contributed by atoms with Crippen LogP contribution < -0.4 is 99.9 Å². The lowest BCUT2D eigenvalue weighted by Crippen LogP contribution is -2.60. The fraction of sp³-hybridized carbons (Fsp3) is 0.690. The molecule has 0 aliphatic heterocycles. The van der Waals surface area contributed by atoms with Crippen LogP contribution in [0.15, 0.2) is 20.0 Å². The predicted molar refractivity (Wildman–Crippen MR) is 287 cm³/mol. The Labute approximate surface area is 450 Å². The van der Waals surface area contributed by atoms with Gasteiger partial charge in [0.1, 0.15) is 48.3 Å². The first kappa shape index (κ1) is 70.4. The molecule has 0 radical (unpaired) electrons. The Morgan fingerprint density at radius 1 is 0.423 bits per heavy atom. The number of rotatable bonds is 37. The summed E-state index contributed by atoms with van der Waals surface area (Å²) >= 11 is 0. The second-order valence-electron chi connectivity index (χ2n) is 18.3. The molecule has 0 rings (SSSR count). The molecule has 10 atom stereocenters. The van der Waals surface area contributed by atoms with Crippen molar-refractivity contribution in [3.63, 3.8) is 0 Å². The molecule has 0 aromatic rings. The normalized spacial score (nSPS) is 14.9. The van der Waals surface area contributed by atoms with Crippen LogP contribution in [0.4, 0.5) is 0 Å². The standard InChI is InChI=1S/C42H83N22O13P/c1-19(2)29(38(74)57-20(3)30(44)66)64-37(73)27(18-28(65)78(75,76)77)63-32(68)22(5)58-31(67)21(4)59-34(70)24(11-7-15-54-40(47)48)61-36(72)26(13-9-17-56-42(51)52)62-35(71)25(12-8-16-55-41(49)50)60-33(69)23(43)10-6-14-53-39(45)46/h19-29,65H,6-18,43H2,1-5H3,(H2,44,66)(H,57,74)(H,58,67)(H,59,70)(H,60,69)(H,61,72)(H,62,71)(H,63,68)(H,64,73)(H4,45,46,53)(H4,47,48,54)(H4,49,50,55)(H4,51,52,56)(H2,75,76,77)/t20-,21-,22-,23-,24-,25-,26-,27-,28?,29-/m0/s1. The molecule has 0 heterocycles. The summed E-state index contributed by atoms with van der Waals surface area (Å²) in [6.07, 6.45) is -0.602. The number of aliphatic imine (C=N–C) groups is 4. The largest absolute Gasteiger partial charge is 0.380 e. The van der Waals surface area contributed by atoms with Crippen LogP contribution in [0.25, 0.3) is 0 Å². The molecule has 0 spiro atoms. The highest BCUT2D eigenvalue weighted by Gasteiger charge is 2.37. The van der Waals surface area contributed by atoms with Crippen molar-refractivity contribution >= 4 is 84.6 Å². The van der Waals surface area contributed by atoms with Gasteiger partial charge in [-0.3, -0.25) is 67.7 Å². The minimum absolute atomic E-state index is 0.000471. The van der Waals surface area contributed by atoms with E-state index in [4.69, 9.17) is 57.3 Å². The van der Waals surface area contributed by atoms with Crippen molar-refractivity contribution in [1.29, 1.82) is 0 Å². The van der Waals surface area contributed by atoms with Crippen molar-refractivity contribution in [2.24, 2.45) is 83.2 Å². The van der Waals surface area contributed by atoms with Crippen LogP contribution in [-0.4, -0.2) is 178 Å². The number of hydrogen-bond donors (Lipinski definition) is 21. The first-order valence-electron chi connectivity index (χ1n) is 24.6. The third kappa shape index (κ3) is 29.6. The van der Waals surface area contributed by atoms with Crippen molar-refractivity contribution in [2.75, 3.05) is 26.2 Å². The van der Waals surface area contributed by atoms with Crippen molar-refractivity contribution in [1.82, 2.24) is 42.5 Å². The Hall–Kier alpha value is -7.62. The van der Waals surface area contributed by atoms with Gasteiger partial charge in [0.15, 0.2) is 29.7 Å². The summed E-state index contributed by atoms with van der Waals surface area (Å²) in [5, 5.41) is 29.5. The zero-order valence-corrected chi connectivity index (χ0v) is 45.4. The molecular formula is C42H83N22O13P. The number of guanidine groups is 4. The van der Waals surface area contributed by atoms with E-state index >= 15 is 0 Å². The number of nitrogens with one attached hydrogen (secondary N) is 8. The van der Waals surface area contributed by atoms with E-state index in [1.54, 1.807) is 0 Å². The van der Waals surface area contributed by atoms with Crippen molar-refractivity contribution in [3.05, 3.63) is 0 Å². The Kier molecular flexibility index (Phi) is 32.2. The van der Waals surface area contributed by atoms with Crippen LogP contribution in [0, 0.1) is 5.92 Å². The maximum Gasteiger partial charge on any atom is 0.353 e. The summed E-state index contributed by atoms with van der Waals surface area (Å²) in [4.78, 5) is 155. The van der Waals surface area contributed by atoms with E-state index in [9.17, 15) is 62.6 Å². The molecule has 0 aromatic carbocycles. The van der Waals surface area contributed by atoms with Gasteiger partial charge in [-0.15, -0.1) is 0 Å². The molecule has 0 bridgehead atoms. The van der Waals surface area contributed by atoms with Gasteiger partial charge >= 0.3 is 7.60 Å². The van der Waals surface area contributed by atoms with Crippen molar-refractivity contribution < 1.29 is 62.6 Å². The lowest BCUT2D eigenvalue weighted by atomic mass is 10.0. The van der Waals surface area contributed by atoms with Crippen LogP contribution in [0.1, 0.15) is 92.4 Å². The fourth-order valence-electron chi connectivity index (χ4n) is 6.61. The van der Waals surface area contributed by atoms with Gasteiger partial charge in [-0.25, -0.2) is 0 Å². The maximum absolute atomic E-state index is 14.1. The van der Waals surface area contributed by atoms with Crippen LogP contribution in [0.5, 0.6) is 0 Å². The molecule has 31 N–H and O–H groups in total. The van der Waals surface area contributed by atoms with Gasteiger partial charge in [-0.2, -0.15) is 0 Å². The Morgan fingerprint density at radius 3 is 1.09 bits per heavy atom. The van der Waals surface area contributed by atoms with E-state index in [-0.39, 0.29) is 95.0 Å². The zero-order valence-electron chi connectivity index (χ0n) is 44.5. The molecular weight excluding hydrogens is 1050 g/mol. The summed E-state index contributed by atoms with van der Waals surface area (Å²) < 4.78 is 11.9. The summed E-state index contributed by atoms with van der Waals surface area (Å²) in [6, 6.07) is -12.8. The molecule has 0 fully saturated rings. The second kappa shape index (κ2) is 35.7. The van der Waals surface area contributed by atoms with Gasteiger partial charge in [0, 0.05) is 32.6 Å². The average Bonchev–Trinajstić information content (AvgIpc) is 3.33. The van der Waals surface area contributed by atoms with E-state index in [0.29, 0.717) is 6.42 Å². The number of carbonyl (C=O) groups is 9. The van der Waals surface area contributed by atoms with Crippen molar-refractivity contribution in [3.8, 4) is 0 Å². The molecule has 0 saturated carbocycles. The number of primary amides is 1. The van der Waals surface area contributed by atoms with Gasteiger partial charge in [-0.05, 0) is 78.1 Å². The summed E-state index contributed by atoms with van der Waals surface area (Å²) in [6.45, 7) is 6.87. The van der Waals surface area contributed by atoms with E-state index in [1.165, 1.54) is 27.7 Å². The molecule has 78 heavy (non-hydrogen) atoms. The average molecular weight is 1140 g/mol. The Bertz CT molecular complexity index is 2200. The fourth-order valence-corrected chi connectivity index (χ4v) is 7.10. The summed E-state index contributed by atoms with van der Waals surface area (Å²) in [5.74, 6) is -12.6. The Morgan fingerprint density at radius 2 is 0.731 bits per heavy atom. The molecule has 35 nitrogen and oxygen atoms in total. The summed E-state index contributed by atoms with van der Waals surface area (Å²) in [5.41, 5.74) is 54.8. The van der Waals surface area contributed by atoms with Crippen LogP contribution in [0.3, 0.4) is 0 Å². The van der Waals surface area contributed by atoms with E-state index in [2.05, 4.69) is 62.5 Å². The monoisotopic (exact) mass is 1130 g/mol. The van der Waals surface area contributed by atoms with Crippen LogP contribution in [-0.2, 0) is 47.7 Å². The molecule has 9 amide bonds. The molecule has 0 aromatic heterocycles. The summed E-state index contributed by atoms with van der Waals surface area (Å²) in [7, 11) is -5.27. The molecule has 36 heteroatoms. The maximum atomic E-state index is 14.1. The number of amides is 9. The highest BCUT2D eigenvalue weighted by atomic mass is 31.2. The smallest absolute Gasteiger partial charge is 0.353 e. The lowest BCUT2D eigenvalue weighted by Gasteiger charge is -2.28. The van der Waals surface area contributed by atoms with Gasteiger partial charge < -0.3 is 115 Å². The lowest BCUT2D eigenvalue weighted by molar-refractivity contribution is -0.136. The second-order valence-corrected chi connectivity index (χ2v) is 20.0. The van der Waals surface area contributed by atoms with E-state index in [1.807, 2.05) is 0 Å². The third-order valence-electron chi connectivity index (χ3n) is 11.0. The number of carbonyl (C=O) groups excluding carboxylic acids is 9. The highest BCUT2D eigenvalue weighted by Crippen LogP contribution is 2.41.